The van der Waals surface area contributed by atoms with Crippen LogP contribution in [0.25, 0.3) is 0 Å². The monoisotopic (exact) mass is 346 g/mol. The molecule has 3 heterocycles. The van der Waals surface area contributed by atoms with E-state index in [4.69, 9.17) is 9.26 Å². The van der Waals surface area contributed by atoms with Crippen molar-refractivity contribution in [1.29, 1.82) is 0 Å². The number of aryl methyl sites for hydroxylation is 3. The summed E-state index contributed by atoms with van der Waals surface area (Å²) in [7, 11) is 1.61. The number of methoxy groups -OCH3 is 1. The molecule has 0 saturated carbocycles. The van der Waals surface area contributed by atoms with Crippen LogP contribution >= 0.6 is 0 Å². The number of aromatic nitrogens is 3. The summed E-state index contributed by atoms with van der Waals surface area (Å²) in [4.78, 5) is 19.3. The van der Waals surface area contributed by atoms with Gasteiger partial charge in [-0.15, -0.1) is 0 Å². The van der Waals surface area contributed by atoms with Crippen LogP contribution in [-0.4, -0.2) is 45.2 Å². The van der Waals surface area contributed by atoms with Crippen molar-refractivity contribution < 1.29 is 14.1 Å². The van der Waals surface area contributed by atoms with Gasteiger partial charge in [-0.05, 0) is 39.5 Å². The van der Waals surface area contributed by atoms with E-state index in [1.807, 2.05) is 31.1 Å². The number of carbonyl (C=O) groups is 1. The lowest BCUT2D eigenvalue weighted by Gasteiger charge is -2.35. The van der Waals surface area contributed by atoms with Gasteiger partial charge in [-0.3, -0.25) is 4.79 Å². The molecule has 0 aliphatic carbocycles. The minimum Gasteiger partial charge on any atom is -0.380 e. The van der Waals surface area contributed by atoms with E-state index in [1.54, 1.807) is 7.11 Å². The first-order valence-corrected chi connectivity index (χ1v) is 8.84. The second-order valence-corrected chi connectivity index (χ2v) is 6.60. The zero-order valence-corrected chi connectivity index (χ0v) is 15.2. The third-order valence-corrected chi connectivity index (χ3v) is 4.99. The number of amides is 1. The van der Waals surface area contributed by atoms with Crippen LogP contribution < -0.4 is 0 Å². The Labute approximate surface area is 148 Å². The first-order chi connectivity index (χ1) is 12.1. The van der Waals surface area contributed by atoms with Gasteiger partial charge >= 0.3 is 0 Å². The topological polar surface area (TPSA) is 73.4 Å². The van der Waals surface area contributed by atoms with Crippen LogP contribution in [0.2, 0.25) is 0 Å². The maximum Gasteiger partial charge on any atom is 0.276 e. The number of rotatable bonds is 6. The van der Waals surface area contributed by atoms with E-state index in [-0.39, 0.29) is 11.9 Å². The van der Waals surface area contributed by atoms with Crippen LogP contribution in [-0.2, 0) is 17.9 Å². The average Bonchev–Trinajstić information content (AvgIpc) is 3.19. The van der Waals surface area contributed by atoms with Crippen LogP contribution in [0.3, 0.4) is 0 Å². The van der Waals surface area contributed by atoms with Gasteiger partial charge in [0.1, 0.15) is 11.6 Å². The lowest BCUT2D eigenvalue weighted by atomic mass is 9.98. The fourth-order valence-electron chi connectivity index (χ4n) is 3.51. The molecule has 0 radical (unpaired) electrons. The third-order valence-electron chi connectivity index (χ3n) is 4.99. The Morgan fingerprint density at radius 3 is 2.96 bits per heavy atom. The van der Waals surface area contributed by atoms with Crippen LogP contribution in [0.4, 0.5) is 0 Å². The molecule has 2 aromatic rings. The van der Waals surface area contributed by atoms with E-state index in [9.17, 15) is 4.79 Å². The van der Waals surface area contributed by atoms with Gasteiger partial charge < -0.3 is 18.7 Å². The van der Waals surface area contributed by atoms with Gasteiger partial charge in [0.05, 0.1) is 12.2 Å². The highest BCUT2D eigenvalue weighted by Crippen LogP contribution is 2.25. The average molecular weight is 346 g/mol. The lowest BCUT2D eigenvalue weighted by Crippen LogP contribution is -2.44. The molecule has 1 unspecified atom stereocenters. The molecule has 7 heteroatoms. The summed E-state index contributed by atoms with van der Waals surface area (Å²) in [6, 6.07) is 0.218. The Morgan fingerprint density at radius 1 is 1.40 bits per heavy atom. The number of piperidine rings is 1. The fraction of sp³-hybridized carbons (Fsp3) is 0.611. The Balaban J connectivity index is 1.74. The smallest absolute Gasteiger partial charge is 0.276 e. The number of carbonyl (C=O) groups excluding carboxylic acids is 1. The molecule has 1 aliphatic rings. The zero-order valence-electron chi connectivity index (χ0n) is 15.2. The van der Waals surface area contributed by atoms with Crippen LogP contribution in [0.5, 0.6) is 0 Å². The molecule has 1 amide bonds. The van der Waals surface area contributed by atoms with Crippen molar-refractivity contribution in [3.8, 4) is 0 Å². The number of likely N-dealkylation sites (tertiary alicyclic amines) is 1. The van der Waals surface area contributed by atoms with E-state index in [0.29, 0.717) is 18.1 Å². The van der Waals surface area contributed by atoms with E-state index in [0.717, 1.165) is 50.2 Å². The number of hydrogen-bond acceptors (Lipinski definition) is 5. The van der Waals surface area contributed by atoms with E-state index < -0.39 is 0 Å². The molecule has 1 atom stereocenters. The molecular weight excluding hydrogens is 320 g/mol. The van der Waals surface area contributed by atoms with Gasteiger partial charge in [-0.2, -0.15) is 0 Å². The Kier molecular flexibility index (Phi) is 5.53. The Hall–Kier alpha value is -2.15. The number of imidazole rings is 1. The van der Waals surface area contributed by atoms with Gasteiger partial charge in [0.2, 0.25) is 0 Å². The van der Waals surface area contributed by atoms with Crippen molar-refractivity contribution in [2.45, 2.75) is 58.7 Å². The molecular formula is C18H26N4O3. The summed E-state index contributed by atoms with van der Waals surface area (Å²) in [5, 5.41) is 4.01. The maximum absolute atomic E-state index is 13.1. The molecule has 1 fully saturated rings. The summed E-state index contributed by atoms with van der Waals surface area (Å²) >= 11 is 0. The SMILES string of the molecule is COCc1c(C(=O)N2CCCCC2CCn2ccnc2C)noc1C. The summed E-state index contributed by atoms with van der Waals surface area (Å²) in [6.45, 7) is 5.78. The van der Waals surface area contributed by atoms with Crippen molar-refractivity contribution in [3.05, 3.63) is 35.2 Å². The van der Waals surface area contributed by atoms with Gasteiger partial charge in [0.25, 0.3) is 5.91 Å². The number of ether oxygens (including phenoxy) is 1. The highest BCUT2D eigenvalue weighted by atomic mass is 16.5. The summed E-state index contributed by atoms with van der Waals surface area (Å²) in [6.07, 6.45) is 7.93. The lowest BCUT2D eigenvalue weighted by molar-refractivity contribution is 0.0581. The molecule has 1 saturated heterocycles. The quantitative estimate of drug-likeness (QED) is 0.804. The second-order valence-electron chi connectivity index (χ2n) is 6.60. The minimum atomic E-state index is -0.0454. The highest BCUT2D eigenvalue weighted by Gasteiger charge is 2.31. The molecule has 0 bridgehead atoms. The van der Waals surface area contributed by atoms with Crippen LogP contribution in [0.15, 0.2) is 16.9 Å². The van der Waals surface area contributed by atoms with E-state index >= 15 is 0 Å². The van der Waals surface area contributed by atoms with Crippen molar-refractivity contribution >= 4 is 5.91 Å². The Morgan fingerprint density at radius 2 is 2.24 bits per heavy atom. The minimum absolute atomic E-state index is 0.0454. The second kappa shape index (κ2) is 7.82. The largest absolute Gasteiger partial charge is 0.380 e. The first kappa shape index (κ1) is 17.7. The maximum atomic E-state index is 13.1. The van der Waals surface area contributed by atoms with Crippen molar-refractivity contribution in [3.63, 3.8) is 0 Å². The fourth-order valence-corrected chi connectivity index (χ4v) is 3.51. The van der Waals surface area contributed by atoms with Gasteiger partial charge in [-0.25, -0.2) is 4.98 Å². The molecule has 2 aromatic heterocycles. The molecule has 136 valence electrons. The first-order valence-electron chi connectivity index (χ1n) is 8.84. The number of hydrogen-bond donors (Lipinski definition) is 0. The van der Waals surface area contributed by atoms with Gasteiger partial charge in [-0.1, -0.05) is 5.16 Å². The van der Waals surface area contributed by atoms with Crippen molar-refractivity contribution in [2.75, 3.05) is 13.7 Å². The predicted octanol–water partition coefficient (Wildman–Crippen LogP) is 2.72. The van der Waals surface area contributed by atoms with E-state index in [2.05, 4.69) is 14.7 Å². The highest BCUT2D eigenvalue weighted by molar-refractivity contribution is 5.94. The standard InChI is InChI=1S/C18H26N4O3/c1-13-16(12-24-3)17(20-25-13)18(23)22-9-5-4-6-15(22)7-10-21-11-8-19-14(21)2/h8,11,15H,4-7,9-10,12H2,1-3H3. The number of nitrogens with zero attached hydrogens (tertiary/aromatic N) is 4. The third kappa shape index (κ3) is 3.76. The van der Waals surface area contributed by atoms with Crippen molar-refractivity contribution in [1.82, 2.24) is 19.6 Å². The molecule has 25 heavy (non-hydrogen) atoms. The normalized spacial score (nSPS) is 17.9. The summed E-state index contributed by atoms with van der Waals surface area (Å²) in [5.41, 5.74) is 1.15. The molecule has 0 aromatic carbocycles. The van der Waals surface area contributed by atoms with Crippen LogP contribution in [0, 0.1) is 13.8 Å². The van der Waals surface area contributed by atoms with Crippen LogP contribution in [0.1, 0.15) is 53.3 Å². The molecule has 0 N–H and O–H groups in total. The molecule has 3 rings (SSSR count). The van der Waals surface area contributed by atoms with E-state index in [1.165, 1.54) is 0 Å². The zero-order chi connectivity index (χ0) is 17.8. The predicted molar refractivity (Wildman–Crippen MR) is 92.2 cm³/mol. The Bertz CT molecular complexity index is 722. The summed E-state index contributed by atoms with van der Waals surface area (Å²) < 4.78 is 12.6. The summed E-state index contributed by atoms with van der Waals surface area (Å²) in [5.74, 6) is 1.60. The molecule has 7 nitrogen and oxygen atoms in total. The van der Waals surface area contributed by atoms with Crippen molar-refractivity contribution in [2.24, 2.45) is 0 Å². The van der Waals surface area contributed by atoms with Gasteiger partial charge in [0, 0.05) is 38.6 Å². The van der Waals surface area contributed by atoms with Gasteiger partial charge in [0.15, 0.2) is 5.69 Å². The molecule has 0 spiro atoms. The molecule has 1 aliphatic heterocycles.